The second-order valence-electron chi connectivity index (χ2n) is 6.57. The van der Waals surface area contributed by atoms with Crippen LogP contribution >= 0.6 is 11.8 Å². The van der Waals surface area contributed by atoms with Crippen LogP contribution in [-0.4, -0.2) is 52.0 Å². The lowest BCUT2D eigenvalue weighted by Crippen LogP contribution is -2.39. The maximum absolute atomic E-state index is 12.5. The predicted octanol–water partition coefficient (Wildman–Crippen LogP) is 2.09. The Labute approximate surface area is 137 Å². The molecule has 1 heterocycles. The fourth-order valence-electron chi connectivity index (χ4n) is 3.50. The van der Waals surface area contributed by atoms with Gasteiger partial charge in [-0.3, -0.25) is 9.59 Å². The Morgan fingerprint density at radius 2 is 1.91 bits per heavy atom. The fraction of sp³-hybridized carbons (Fsp3) is 0.875. The molecule has 0 spiro atoms. The van der Waals surface area contributed by atoms with Crippen LogP contribution in [0, 0.1) is 5.92 Å². The lowest BCUT2D eigenvalue weighted by Gasteiger charge is -2.28. The first kappa shape index (κ1) is 17.6. The molecule has 0 aromatic rings. The summed E-state index contributed by atoms with van der Waals surface area (Å²) in [4.78, 5) is 25.3. The van der Waals surface area contributed by atoms with Gasteiger partial charge in [0.2, 0.25) is 5.91 Å². The highest BCUT2D eigenvalue weighted by molar-refractivity contribution is 7.99. The van der Waals surface area contributed by atoms with E-state index in [0.717, 1.165) is 25.1 Å². The van der Waals surface area contributed by atoms with E-state index in [2.05, 4.69) is 0 Å². The van der Waals surface area contributed by atoms with E-state index in [1.807, 2.05) is 4.90 Å². The van der Waals surface area contributed by atoms with Crippen LogP contribution in [0.3, 0.4) is 0 Å². The molecule has 126 valence electrons. The number of hydrogen-bond acceptors (Lipinski definition) is 4. The van der Waals surface area contributed by atoms with Gasteiger partial charge in [-0.15, -0.1) is 0 Å². The van der Waals surface area contributed by atoms with Crippen LogP contribution in [0.4, 0.5) is 0 Å². The Kier molecular flexibility index (Phi) is 7.02. The summed E-state index contributed by atoms with van der Waals surface area (Å²) in [6.07, 6.45) is 9.05. The molecule has 1 amide bonds. The van der Waals surface area contributed by atoms with Crippen LogP contribution in [0.1, 0.15) is 51.4 Å². The van der Waals surface area contributed by atoms with Gasteiger partial charge in [-0.25, -0.2) is 0 Å². The van der Waals surface area contributed by atoms with Crippen molar-refractivity contribution in [2.75, 3.05) is 18.1 Å². The van der Waals surface area contributed by atoms with Crippen LogP contribution in [0.2, 0.25) is 0 Å². The molecule has 0 unspecified atom stereocenters. The Bertz CT molecular complexity index is 386. The topological polar surface area (TPSA) is 83.6 Å². The first-order valence-electron chi connectivity index (χ1n) is 8.43. The number of aliphatic carboxylic acids is 1. The third kappa shape index (κ3) is 5.16. The molecule has 1 aliphatic heterocycles. The molecule has 0 aromatic heterocycles. The van der Waals surface area contributed by atoms with Gasteiger partial charge < -0.3 is 15.7 Å². The van der Waals surface area contributed by atoms with Gasteiger partial charge in [0.05, 0.1) is 0 Å². The number of nitrogens with zero attached hydrogens (tertiary/aromatic N) is 1. The molecule has 2 fully saturated rings. The normalized spacial score (nSPS) is 24.4. The molecule has 1 saturated carbocycles. The van der Waals surface area contributed by atoms with Gasteiger partial charge in [-0.2, -0.15) is 11.8 Å². The van der Waals surface area contributed by atoms with Gasteiger partial charge in [0.1, 0.15) is 6.04 Å². The maximum Gasteiger partial charge on any atom is 0.321 e. The van der Waals surface area contributed by atoms with Gasteiger partial charge in [-0.05, 0) is 31.6 Å². The minimum atomic E-state index is -0.954. The van der Waals surface area contributed by atoms with Crippen molar-refractivity contribution < 1.29 is 14.7 Å². The molecule has 5 nitrogen and oxygen atoms in total. The van der Waals surface area contributed by atoms with Crippen LogP contribution < -0.4 is 5.73 Å². The number of rotatable bonds is 7. The summed E-state index contributed by atoms with van der Waals surface area (Å²) in [7, 11) is 0. The summed E-state index contributed by atoms with van der Waals surface area (Å²) < 4.78 is 0. The van der Waals surface area contributed by atoms with Gasteiger partial charge in [0, 0.05) is 30.5 Å². The van der Waals surface area contributed by atoms with Crippen molar-refractivity contribution in [1.82, 2.24) is 4.90 Å². The molecular weight excluding hydrogens is 300 g/mol. The molecular formula is C16H28N2O3S. The Morgan fingerprint density at radius 1 is 1.18 bits per heavy atom. The first-order valence-corrected chi connectivity index (χ1v) is 9.59. The summed E-state index contributed by atoms with van der Waals surface area (Å²) in [5.74, 6) is 1.14. The zero-order valence-electron chi connectivity index (χ0n) is 13.2. The largest absolute Gasteiger partial charge is 0.480 e. The molecule has 22 heavy (non-hydrogen) atoms. The second kappa shape index (κ2) is 8.77. The molecule has 0 radical (unpaired) electrons. The average molecular weight is 328 g/mol. The summed E-state index contributed by atoms with van der Waals surface area (Å²) in [6, 6.07) is -0.542. The number of carboxylic acids is 1. The van der Waals surface area contributed by atoms with Crippen molar-refractivity contribution in [3.8, 4) is 0 Å². The van der Waals surface area contributed by atoms with Gasteiger partial charge in [0.15, 0.2) is 0 Å². The Hall–Kier alpha value is -0.750. The molecule has 2 atom stereocenters. The minimum absolute atomic E-state index is 0.266. The van der Waals surface area contributed by atoms with Crippen molar-refractivity contribution in [2.24, 2.45) is 11.7 Å². The molecule has 1 saturated heterocycles. The van der Waals surface area contributed by atoms with Crippen molar-refractivity contribution in [3.63, 3.8) is 0 Å². The number of hydrogen-bond donors (Lipinski definition) is 2. The molecule has 2 rings (SSSR count). The van der Waals surface area contributed by atoms with Crippen molar-refractivity contribution in [2.45, 2.75) is 63.5 Å². The number of carbonyl (C=O) groups is 2. The third-order valence-electron chi connectivity index (χ3n) is 4.81. The summed E-state index contributed by atoms with van der Waals surface area (Å²) in [5, 5.41) is 8.79. The smallest absolute Gasteiger partial charge is 0.321 e. The number of thioether (sulfide) groups is 1. The van der Waals surface area contributed by atoms with E-state index in [4.69, 9.17) is 10.8 Å². The number of carbonyl (C=O) groups excluding carboxylic acids is 1. The van der Waals surface area contributed by atoms with Crippen molar-refractivity contribution in [1.29, 1.82) is 0 Å². The summed E-state index contributed by atoms with van der Waals surface area (Å²) >= 11 is 1.55. The van der Waals surface area contributed by atoms with E-state index in [-0.39, 0.29) is 6.04 Å². The van der Waals surface area contributed by atoms with Gasteiger partial charge in [0.25, 0.3) is 0 Å². The quantitative estimate of drug-likeness (QED) is 0.747. The highest BCUT2D eigenvalue weighted by Crippen LogP contribution is 2.29. The molecule has 6 heteroatoms. The Balaban J connectivity index is 1.74. The molecule has 1 aliphatic carbocycles. The van der Waals surface area contributed by atoms with E-state index in [1.54, 1.807) is 11.8 Å². The minimum Gasteiger partial charge on any atom is -0.480 e. The summed E-state index contributed by atoms with van der Waals surface area (Å²) in [6.45, 7) is 0.863. The van der Waals surface area contributed by atoms with Gasteiger partial charge in [-0.1, -0.05) is 19.3 Å². The second-order valence-corrected chi connectivity index (χ2v) is 7.65. The lowest BCUT2D eigenvalue weighted by atomic mass is 9.86. The van der Waals surface area contributed by atoms with Crippen LogP contribution in [-0.2, 0) is 9.59 Å². The highest BCUT2D eigenvalue weighted by Gasteiger charge is 2.30. The SMILES string of the molecule is N[C@@H](CSC[C@@H]1CCCN1C(=O)CC1CCCCC1)C(=O)O. The van der Waals surface area contributed by atoms with Gasteiger partial charge >= 0.3 is 5.97 Å². The first-order chi connectivity index (χ1) is 10.6. The average Bonchev–Trinajstić information content (AvgIpc) is 2.96. The molecule has 0 aromatic carbocycles. The van der Waals surface area contributed by atoms with E-state index in [1.165, 1.54) is 32.1 Å². The molecule has 0 bridgehead atoms. The standard InChI is InChI=1S/C16H28N2O3S/c17-14(16(20)21)11-22-10-13-7-4-8-18(13)15(19)9-12-5-2-1-3-6-12/h12-14H,1-11,17H2,(H,20,21)/t13-,14-/m0/s1. The summed E-state index contributed by atoms with van der Waals surface area (Å²) in [5.41, 5.74) is 5.52. The maximum atomic E-state index is 12.5. The van der Waals surface area contributed by atoms with E-state index in [0.29, 0.717) is 24.0 Å². The van der Waals surface area contributed by atoms with Crippen molar-refractivity contribution in [3.05, 3.63) is 0 Å². The third-order valence-corrected chi connectivity index (χ3v) is 6.03. The highest BCUT2D eigenvalue weighted by atomic mass is 32.2. The Morgan fingerprint density at radius 3 is 2.59 bits per heavy atom. The van der Waals surface area contributed by atoms with Crippen LogP contribution in [0.25, 0.3) is 0 Å². The lowest BCUT2D eigenvalue weighted by molar-refractivity contribution is -0.138. The van der Waals surface area contributed by atoms with Crippen molar-refractivity contribution >= 4 is 23.6 Å². The van der Waals surface area contributed by atoms with E-state index >= 15 is 0 Å². The van der Waals surface area contributed by atoms with E-state index in [9.17, 15) is 9.59 Å². The number of nitrogens with two attached hydrogens (primary N) is 1. The zero-order valence-corrected chi connectivity index (χ0v) is 14.0. The van der Waals surface area contributed by atoms with Crippen LogP contribution in [0.5, 0.6) is 0 Å². The number of carboxylic acid groups (broad SMARTS) is 1. The number of likely N-dealkylation sites (tertiary alicyclic amines) is 1. The fourth-order valence-corrected chi connectivity index (χ4v) is 4.65. The number of amides is 1. The monoisotopic (exact) mass is 328 g/mol. The predicted molar refractivity (Wildman–Crippen MR) is 88.9 cm³/mol. The van der Waals surface area contributed by atoms with E-state index < -0.39 is 12.0 Å². The zero-order chi connectivity index (χ0) is 15.9. The molecule has 3 N–H and O–H groups in total. The molecule has 2 aliphatic rings. The van der Waals surface area contributed by atoms with Crippen LogP contribution in [0.15, 0.2) is 0 Å².